The molecule has 18 unspecified atom stereocenters. The van der Waals surface area contributed by atoms with Crippen molar-refractivity contribution in [2.75, 3.05) is 21.2 Å². The van der Waals surface area contributed by atoms with Gasteiger partial charge in [-0.1, -0.05) is 27.7 Å². The number of esters is 2. The number of aliphatic hydroxyl groups is 4. The Morgan fingerprint density at radius 1 is 0.951 bits per heavy atom. The number of nitro groups is 1. The molecule has 3 aliphatic heterocycles. The summed E-state index contributed by atoms with van der Waals surface area (Å²) in [5, 5.41) is 58.1. The van der Waals surface area contributed by atoms with E-state index in [0.717, 1.165) is 12.1 Å². The van der Waals surface area contributed by atoms with Gasteiger partial charge in [0.05, 0.1) is 59.7 Å². The van der Waals surface area contributed by atoms with Crippen LogP contribution in [0.1, 0.15) is 105 Å². The van der Waals surface area contributed by atoms with Gasteiger partial charge in [0.1, 0.15) is 28.5 Å². The lowest BCUT2D eigenvalue weighted by atomic mass is 9.74. The summed E-state index contributed by atoms with van der Waals surface area (Å²) in [7, 11) is 4.96. The predicted octanol–water partition coefficient (Wildman–Crippen LogP) is 3.15. The van der Waals surface area contributed by atoms with Crippen molar-refractivity contribution in [3.05, 3.63) is 28.0 Å². The van der Waals surface area contributed by atoms with Gasteiger partial charge < -0.3 is 62.9 Å². The first kappa shape index (κ1) is 50.5. The largest absolute Gasteiger partial charge is 0.459 e. The zero-order chi connectivity index (χ0) is 46.1. The lowest BCUT2D eigenvalue weighted by Crippen LogP contribution is -2.61. The molecule has 4 heterocycles. The molecule has 4 N–H and O–H groups in total. The van der Waals surface area contributed by atoms with E-state index in [0.29, 0.717) is 6.42 Å². The third-order valence-corrected chi connectivity index (χ3v) is 13.0. The van der Waals surface area contributed by atoms with Gasteiger partial charge in [-0.25, -0.2) is 4.79 Å². The highest BCUT2D eigenvalue weighted by Crippen LogP contribution is 2.41. The highest BCUT2D eigenvalue weighted by Gasteiger charge is 2.54. The van der Waals surface area contributed by atoms with Crippen molar-refractivity contribution in [2.24, 2.45) is 23.7 Å². The van der Waals surface area contributed by atoms with Crippen molar-refractivity contribution in [1.82, 2.24) is 4.90 Å². The molecule has 0 radical (unpaired) electrons. The summed E-state index contributed by atoms with van der Waals surface area (Å²) in [6, 6.07) is 1.58. The molecule has 19 heteroatoms. The monoisotopic (exact) mass is 872 g/mol. The molecule has 3 aliphatic rings. The Kier molecular flexibility index (Phi) is 16.3. The van der Waals surface area contributed by atoms with E-state index in [-0.39, 0.29) is 19.3 Å². The normalized spacial score (nSPS) is 43.3. The van der Waals surface area contributed by atoms with Crippen LogP contribution in [-0.2, 0) is 42.7 Å². The number of ketones is 1. The maximum Gasteiger partial charge on any atom is 0.433 e. The van der Waals surface area contributed by atoms with Gasteiger partial charge >= 0.3 is 17.8 Å². The van der Waals surface area contributed by atoms with Crippen LogP contribution >= 0.6 is 0 Å². The number of Topliss-reactive ketones (excluding diaryl/α,β-unsaturated/α-hetero) is 1. The van der Waals surface area contributed by atoms with Crippen molar-refractivity contribution in [2.45, 2.75) is 179 Å². The summed E-state index contributed by atoms with van der Waals surface area (Å²) in [6.07, 6.45) is -11.4. The highest BCUT2D eigenvalue weighted by molar-refractivity contribution is 5.86. The van der Waals surface area contributed by atoms with Gasteiger partial charge in [-0.15, -0.1) is 0 Å². The zero-order valence-electron chi connectivity index (χ0n) is 37.6. The van der Waals surface area contributed by atoms with Gasteiger partial charge in [0.15, 0.2) is 18.7 Å². The second kappa shape index (κ2) is 19.7. The zero-order valence-corrected chi connectivity index (χ0v) is 37.6. The topological polar surface area (TPSA) is 256 Å². The minimum Gasteiger partial charge on any atom is -0.459 e. The molecular formula is C42H68N2O17. The number of carbonyl (C=O) groups is 3. The molecule has 1 aromatic rings. The number of hydrogen-bond donors (Lipinski definition) is 4. The number of carbonyl (C=O) groups excluding carboxylic acids is 3. The van der Waals surface area contributed by atoms with Crippen LogP contribution in [0.25, 0.3) is 0 Å². The molecule has 0 saturated carbocycles. The summed E-state index contributed by atoms with van der Waals surface area (Å²) in [4.78, 5) is 54.2. The molecule has 3 saturated heterocycles. The van der Waals surface area contributed by atoms with E-state index < -0.39 is 142 Å². The molecule has 3 fully saturated rings. The van der Waals surface area contributed by atoms with Crippen LogP contribution in [-0.4, -0.2) is 153 Å². The average Bonchev–Trinajstić information content (AvgIpc) is 3.70. The molecule has 0 amide bonds. The Morgan fingerprint density at radius 3 is 2.15 bits per heavy atom. The maximum atomic E-state index is 14.3. The molecule has 0 spiro atoms. The number of ether oxygens (including phenoxy) is 7. The van der Waals surface area contributed by atoms with Crippen LogP contribution in [0, 0.1) is 33.8 Å². The van der Waals surface area contributed by atoms with Crippen LogP contribution in [0.15, 0.2) is 16.5 Å². The lowest BCUT2D eigenvalue weighted by Gasteiger charge is -2.49. The number of hydrogen-bond acceptors (Lipinski definition) is 18. The third-order valence-electron chi connectivity index (χ3n) is 13.0. The summed E-state index contributed by atoms with van der Waals surface area (Å²) in [6.45, 7) is 15.8. The van der Waals surface area contributed by atoms with E-state index in [1.54, 1.807) is 67.5 Å². The van der Waals surface area contributed by atoms with Crippen LogP contribution in [0.4, 0.5) is 5.88 Å². The van der Waals surface area contributed by atoms with Gasteiger partial charge in [-0.05, 0) is 81.0 Å². The van der Waals surface area contributed by atoms with E-state index >= 15 is 0 Å². The highest BCUT2D eigenvalue weighted by atomic mass is 16.7. The van der Waals surface area contributed by atoms with Crippen molar-refractivity contribution < 1.29 is 77.3 Å². The van der Waals surface area contributed by atoms with Gasteiger partial charge in [-0.3, -0.25) is 19.7 Å². The van der Waals surface area contributed by atoms with Crippen molar-refractivity contribution in [3.8, 4) is 0 Å². The van der Waals surface area contributed by atoms with Crippen LogP contribution in [0.3, 0.4) is 0 Å². The molecule has 0 aromatic carbocycles. The molecule has 19 nitrogen and oxygen atoms in total. The van der Waals surface area contributed by atoms with Crippen LogP contribution < -0.4 is 0 Å². The van der Waals surface area contributed by atoms with E-state index in [1.807, 2.05) is 0 Å². The van der Waals surface area contributed by atoms with Crippen molar-refractivity contribution >= 4 is 23.6 Å². The quantitative estimate of drug-likeness (QED) is 0.150. The molecule has 4 rings (SSSR count). The molecule has 61 heavy (non-hydrogen) atoms. The van der Waals surface area contributed by atoms with Gasteiger partial charge in [0.2, 0.25) is 5.76 Å². The minimum absolute atomic E-state index is 0.0144. The molecule has 0 aliphatic carbocycles. The number of cyclic esters (lactones) is 1. The number of rotatable bonds is 10. The molecule has 348 valence electrons. The SMILES string of the molecule is CCC1OC(=O)C(C)C(OC2CC(C)(OC)C(O)C(C)O2)C(C)C(OC2OC(C)CC(N(C)C)C2OC(=O)c2ccc([N+](=O)[O-])o2)C(C)(O)CC(C)C(=O)C(C)C(O)C1(C)O. The van der Waals surface area contributed by atoms with Crippen molar-refractivity contribution in [1.29, 1.82) is 0 Å². The number of aliphatic hydroxyl groups excluding tert-OH is 2. The van der Waals surface area contributed by atoms with E-state index in [1.165, 1.54) is 27.9 Å². The number of nitrogens with zero attached hydrogens (tertiary/aromatic N) is 2. The first-order valence-corrected chi connectivity index (χ1v) is 21.0. The average molecular weight is 873 g/mol. The summed E-state index contributed by atoms with van der Waals surface area (Å²) < 4.78 is 48.7. The first-order valence-electron chi connectivity index (χ1n) is 21.0. The maximum absolute atomic E-state index is 14.3. The Bertz CT molecular complexity index is 1680. The van der Waals surface area contributed by atoms with E-state index in [4.69, 9.17) is 37.6 Å². The van der Waals surface area contributed by atoms with E-state index in [9.17, 15) is 44.9 Å². The fraction of sp³-hybridized carbons (Fsp3) is 0.833. The number of methoxy groups -OCH3 is 1. The number of furan rings is 1. The minimum atomic E-state index is -2.07. The van der Waals surface area contributed by atoms with Crippen LogP contribution in [0.5, 0.6) is 0 Å². The summed E-state index contributed by atoms with van der Waals surface area (Å²) in [5.41, 5.74) is -5.16. The predicted molar refractivity (Wildman–Crippen MR) is 215 cm³/mol. The van der Waals surface area contributed by atoms with Crippen LogP contribution in [0.2, 0.25) is 0 Å². The third kappa shape index (κ3) is 11.0. The summed E-state index contributed by atoms with van der Waals surface area (Å²) >= 11 is 0. The fourth-order valence-electron chi connectivity index (χ4n) is 9.24. The Hall–Kier alpha value is -3.11. The van der Waals surface area contributed by atoms with E-state index in [2.05, 4.69) is 0 Å². The van der Waals surface area contributed by atoms with Crippen molar-refractivity contribution in [3.63, 3.8) is 0 Å². The molecule has 18 atom stereocenters. The number of likely N-dealkylation sites (N-methyl/N-ethyl adjacent to an activating group) is 1. The molecular weight excluding hydrogens is 804 g/mol. The second-order valence-electron chi connectivity index (χ2n) is 18.2. The second-order valence-corrected chi connectivity index (χ2v) is 18.2. The smallest absolute Gasteiger partial charge is 0.433 e. The molecule has 1 aromatic heterocycles. The Balaban J connectivity index is 1.87. The Labute approximate surface area is 357 Å². The fourth-order valence-corrected chi connectivity index (χ4v) is 9.24. The van der Waals surface area contributed by atoms with Gasteiger partial charge in [0.25, 0.3) is 0 Å². The molecule has 0 bridgehead atoms. The standard InChI is InChI=1S/C42H68N2O17/c1-14-28-42(10,51)34(46)22(4)31(45)20(2)18-40(8,50)36(23(5)32(24(6)37(48)58-28)59-30-19-41(9,54-13)35(47)25(7)56-30)61-39-33(26(43(11)12)17-21(3)55-39)60-38(49)27-15-16-29(57-27)44(52)53/h15-16,20-26,28,30,32-36,39,46-47,50-51H,14,17-19H2,1-13H3. The van der Waals surface area contributed by atoms with Gasteiger partial charge in [0, 0.05) is 31.3 Å². The lowest BCUT2D eigenvalue weighted by molar-refractivity contribution is -0.402. The summed E-state index contributed by atoms with van der Waals surface area (Å²) in [5.74, 6) is -7.77. The Morgan fingerprint density at radius 2 is 1.59 bits per heavy atom. The van der Waals surface area contributed by atoms with Gasteiger partial charge in [-0.2, -0.15) is 0 Å². The first-order chi connectivity index (χ1) is 28.2.